The molecule has 0 bridgehead atoms. The van der Waals surface area contributed by atoms with Crippen molar-refractivity contribution in [1.82, 2.24) is 0 Å². The molecule has 2 fully saturated rings. The van der Waals surface area contributed by atoms with Crippen LogP contribution in [0.25, 0.3) is 0 Å². The van der Waals surface area contributed by atoms with Gasteiger partial charge in [-0.15, -0.1) is 0 Å². The minimum atomic E-state index is -0.0497. The Hall–Kier alpha value is -0.630. The molecule has 78 valence electrons. The molecule has 0 unspecified atom stereocenters. The van der Waals surface area contributed by atoms with Gasteiger partial charge in [-0.05, 0) is 18.4 Å². The third-order valence-electron chi connectivity index (χ3n) is 3.68. The summed E-state index contributed by atoms with van der Waals surface area (Å²) in [5.74, 6) is 0.283. The molecule has 2 heteroatoms. The van der Waals surface area contributed by atoms with Gasteiger partial charge in [-0.2, -0.15) is 0 Å². The molecule has 1 saturated heterocycles. The normalized spacial score (nSPS) is 30.9. The minimum Gasteiger partial charge on any atom is -0.370 e. The Morgan fingerprint density at radius 2 is 2.14 bits per heavy atom. The molecule has 1 spiro atoms. The molecular formula is C12H18O2. The van der Waals surface area contributed by atoms with E-state index >= 15 is 0 Å². The van der Waals surface area contributed by atoms with Gasteiger partial charge in [0.1, 0.15) is 6.29 Å². The zero-order valence-corrected chi connectivity index (χ0v) is 8.63. The van der Waals surface area contributed by atoms with E-state index in [0.29, 0.717) is 13.0 Å². The summed E-state index contributed by atoms with van der Waals surface area (Å²) < 4.78 is 5.90. The molecule has 0 aromatic heterocycles. The maximum Gasteiger partial charge on any atom is 0.120 e. The summed E-state index contributed by atoms with van der Waals surface area (Å²) in [7, 11) is 0. The zero-order valence-electron chi connectivity index (χ0n) is 8.63. The lowest BCUT2D eigenvalue weighted by Crippen LogP contribution is -2.32. The fraction of sp³-hybridized carbons (Fsp3) is 0.750. The summed E-state index contributed by atoms with van der Waals surface area (Å²) in [6.45, 7) is 4.85. The lowest BCUT2D eigenvalue weighted by Gasteiger charge is -2.34. The van der Waals surface area contributed by atoms with Gasteiger partial charge < -0.3 is 9.53 Å². The Balaban J connectivity index is 2.07. The summed E-state index contributed by atoms with van der Waals surface area (Å²) in [6, 6.07) is 0. The largest absolute Gasteiger partial charge is 0.370 e. The average Bonchev–Trinajstić information content (AvgIpc) is 2.50. The van der Waals surface area contributed by atoms with Crippen molar-refractivity contribution in [3.63, 3.8) is 0 Å². The fourth-order valence-electron chi connectivity index (χ4n) is 2.74. The second-order valence-electron chi connectivity index (χ2n) is 4.49. The maximum absolute atomic E-state index is 10.5. The number of carbonyl (C=O) groups excluding carboxylic acids is 1. The van der Waals surface area contributed by atoms with Crippen molar-refractivity contribution >= 4 is 6.29 Å². The third kappa shape index (κ3) is 1.52. The first-order chi connectivity index (χ1) is 6.78. The molecule has 0 amide bonds. The average molecular weight is 194 g/mol. The Kier molecular flexibility index (Phi) is 2.73. The molecule has 1 aliphatic carbocycles. The van der Waals surface area contributed by atoms with Crippen LogP contribution < -0.4 is 0 Å². The second kappa shape index (κ2) is 3.85. The molecule has 1 atom stereocenters. The molecule has 2 nitrogen and oxygen atoms in total. The first-order valence-corrected chi connectivity index (χ1v) is 5.55. The van der Waals surface area contributed by atoms with Gasteiger partial charge in [0.2, 0.25) is 0 Å². The highest BCUT2D eigenvalue weighted by Crippen LogP contribution is 2.45. The Bertz CT molecular complexity index is 239. The van der Waals surface area contributed by atoms with Gasteiger partial charge in [0.05, 0.1) is 12.2 Å². The van der Waals surface area contributed by atoms with E-state index in [-0.39, 0.29) is 11.5 Å². The molecule has 0 aromatic rings. The van der Waals surface area contributed by atoms with Crippen LogP contribution in [0.1, 0.15) is 38.5 Å². The molecule has 0 radical (unpaired) electrons. The van der Waals surface area contributed by atoms with Crippen LogP contribution in [0.5, 0.6) is 0 Å². The van der Waals surface area contributed by atoms with Crippen molar-refractivity contribution in [2.24, 2.45) is 5.92 Å². The molecule has 1 aliphatic heterocycles. The number of hydrogen-bond acceptors (Lipinski definition) is 2. The Morgan fingerprint density at radius 3 is 2.79 bits per heavy atom. The van der Waals surface area contributed by atoms with Crippen LogP contribution in [0.2, 0.25) is 0 Å². The second-order valence-corrected chi connectivity index (χ2v) is 4.49. The van der Waals surface area contributed by atoms with Crippen LogP contribution in [0.15, 0.2) is 12.2 Å². The third-order valence-corrected chi connectivity index (χ3v) is 3.68. The predicted molar refractivity (Wildman–Crippen MR) is 55.1 cm³/mol. The van der Waals surface area contributed by atoms with E-state index in [1.54, 1.807) is 0 Å². The SMILES string of the molecule is C=C1[C@@H](CC=O)COC12CCCCC2. The number of aldehydes is 1. The van der Waals surface area contributed by atoms with Crippen molar-refractivity contribution in [1.29, 1.82) is 0 Å². The standard InChI is InChI=1S/C12H18O2/c1-10-11(5-8-13)9-14-12(10)6-3-2-4-7-12/h8,11H,1-7,9H2/t11-/m0/s1. The van der Waals surface area contributed by atoms with Gasteiger partial charge in [0.15, 0.2) is 0 Å². The molecule has 2 aliphatic rings. The zero-order chi connectivity index (χ0) is 10.0. The molecule has 2 rings (SSSR count). The smallest absolute Gasteiger partial charge is 0.120 e. The summed E-state index contributed by atoms with van der Waals surface area (Å²) in [4.78, 5) is 10.5. The predicted octanol–water partition coefficient (Wildman–Crippen LogP) is 2.48. The summed E-state index contributed by atoms with van der Waals surface area (Å²) in [6.07, 6.45) is 7.60. The van der Waals surface area contributed by atoms with E-state index in [4.69, 9.17) is 4.74 Å². The van der Waals surface area contributed by atoms with E-state index in [9.17, 15) is 4.79 Å². The van der Waals surface area contributed by atoms with E-state index in [2.05, 4.69) is 6.58 Å². The molecule has 1 heterocycles. The van der Waals surface area contributed by atoms with E-state index in [1.807, 2.05) is 0 Å². The maximum atomic E-state index is 10.5. The molecular weight excluding hydrogens is 176 g/mol. The van der Waals surface area contributed by atoms with E-state index in [1.165, 1.54) is 24.8 Å². The van der Waals surface area contributed by atoms with Crippen molar-refractivity contribution in [3.8, 4) is 0 Å². The summed E-state index contributed by atoms with van der Waals surface area (Å²) in [5.41, 5.74) is 1.13. The summed E-state index contributed by atoms with van der Waals surface area (Å²) in [5, 5.41) is 0. The Morgan fingerprint density at radius 1 is 1.43 bits per heavy atom. The quantitative estimate of drug-likeness (QED) is 0.498. The van der Waals surface area contributed by atoms with Crippen LogP contribution in [-0.2, 0) is 9.53 Å². The van der Waals surface area contributed by atoms with Gasteiger partial charge in [-0.25, -0.2) is 0 Å². The van der Waals surface area contributed by atoms with Gasteiger partial charge in [-0.3, -0.25) is 0 Å². The van der Waals surface area contributed by atoms with Crippen molar-refractivity contribution in [2.75, 3.05) is 6.61 Å². The van der Waals surface area contributed by atoms with E-state index < -0.39 is 0 Å². The highest BCUT2D eigenvalue weighted by molar-refractivity contribution is 5.51. The van der Waals surface area contributed by atoms with Crippen LogP contribution in [-0.4, -0.2) is 18.5 Å². The molecule has 0 N–H and O–H groups in total. The van der Waals surface area contributed by atoms with Crippen LogP contribution in [0, 0.1) is 5.92 Å². The first-order valence-electron chi connectivity index (χ1n) is 5.55. The van der Waals surface area contributed by atoms with Gasteiger partial charge in [0, 0.05) is 12.3 Å². The van der Waals surface area contributed by atoms with Gasteiger partial charge in [0.25, 0.3) is 0 Å². The van der Waals surface area contributed by atoms with Crippen molar-refractivity contribution < 1.29 is 9.53 Å². The van der Waals surface area contributed by atoms with Crippen LogP contribution >= 0.6 is 0 Å². The van der Waals surface area contributed by atoms with Crippen molar-refractivity contribution in [2.45, 2.75) is 44.1 Å². The highest BCUT2D eigenvalue weighted by Gasteiger charge is 2.44. The Labute approximate surface area is 85.3 Å². The minimum absolute atomic E-state index is 0.0497. The van der Waals surface area contributed by atoms with Gasteiger partial charge in [-0.1, -0.05) is 25.8 Å². The van der Waals surface area contributed by atoms with Gasteiger partial charge >= 0.3 is 0 Å². The molecule has 14 heavy (non-hydrogen) atoms. The van der Waals surface area contributed by atoms with Crippen LogP contribution in [0.4, 0.5) is 0 Å². The topological polar surface area (TPSA) is 26.3 Å². The van der Waals surface area contributed by atoms with Crippen molar-refractivity contribution in [3.05, 3.63) is 12.2 Å². The number of rotatable bonds is 2. The molecule has 1 saturated carbocycles. The lowest BCUT2D eigenvalue weighted by molar-refractivity contribution is -0.108. The van der Waals surface area contributed by atoms with Crippen LogP contribution in [0.3, 0.4) is 0 Å². The summed E-state index contributed by atoms with van der Waals surface area (Å²) >= 11 is 0. The number of hydrogen-bond donors (Lipinski definition) is 0. The highest BCUT2D eigenvalue weighted by atomic mass is 16.5. The van der Waals surface area contributed by atoms with E-state index in [0.717, 1.165) is 19.1 Å². The number of carbonyl (C=O) groups is 1. The first kappa shape index (κ1) is 9.91. The monoisotopic (exact) mass is 194 g/mol. The molecule has 0 aromatic carbocycles. The number of ether oxygens (including phenoxy) is 1. The lowest BCUT2D eigenvalue weighted by atomic mass is 9.77. The fourth-order valence-corrected chi connectivity index (χ4v) is 2.74.